The topological polar surface area (TPSA) is 9.23 Å². The van der Waals surface area contributed by atoms with E-state index in [9.17, 15) is 0 Å². The van der Waals surface area contributed by atoms with Crippen LogP contribution in [0.15, 0.2) is 35.4 Å². The Morgan fingerprint density at radius 2 is 1.81 bits per heavy atom. The van der Waals surface area contributed by atoms with Crippen LogP contribution in [0.4, 0.5) is 0 Å². The van der Waals surface area contributed by atoms with Gasteiger partial charge < -0.3 is 0 Å². The van der Waals surface area contributed by atoms with E-state index in [4.69, 9.17) is 4.74 Å². The minimum absolute atomic E-state index is 0.720. The van der Waals surface area contributed by atoms with E-state index in [1.165, 1.54) is 17.3 Å². The summed E-state index contributed by atoms with van der Waals surface area (Å²) in [6, 6.07) is 8.59. The molecule has 0 saturated heterocycles. The van der Waals surface area contributed by atoms with E-state index in [1.54, 1.807) is 18.3 Å². The number of hydrogen-bond acceptors (Lipinski definition) is 1. The molecule has 0 fully saturated rings. The van der Waals surface area contributed by atoms with E-state index in [-0.39, 0.29) is 0 Å². The standard InChI is InChI=1S/C14H18OSe/c1-10-8-14(16-9-11(10)2)12-4-6-13(15-3)7-5-12/h4-7,14H,8-9H2,1-3H3. The average Bonchev–Trinajstić information content (AvgIpc) is 2.33. The zero-order chi connectivity index (χ0) is 11.5. The van der Waals surface area contributed by atoms with Crippen molar-refractivity contribution in [2.45, 2.75) is 30.4 Å². The summed E-state index contributed by atoms with van der Waals surface area (Å²) in [7, 11) is 1.72. The average molecular weight is 281 g/mol. The van der Waals surface area contributed by atoms with Crippen molar-refractivity contribution in [3.05, 3.63) is 41.0 Å². The summed E-state index contributed by atoms with van der Waals surface area (Å²) in [6.07, 6.45) is 1.25. The van der Waals surface area contributed by atoms with Gasteiger partial charge >= 0.3 is 104 Å². The molecular weight excluding hydrogens is 263 g/mol. The van der Waals surface area contributed by atoms with Crippen LogP contribution >= 0.6 is 0 Å². The summed E-state index contributed by atoms with van der Waals surface area (Å²) < 4.78 is 5.19. The van der Waals surface area contributed by atoms with Crippen molar-refractivity contribution in [1.82, 2.24) is 0 Å². The number of allylic oxidation sites excluding steroid dienone is 2. The van der Waals surface area contributed by atoms with Crippen LogP contribution in [-0.4, -0.2) is 22.1 Å². The summed E-state index contributed by atoms with van der Waals surface area (Å²) in [5.41, 5.74) is 4.69. The number of hydrogen-bond donors (Lipinski definition) is 0. The molecule has 1 aliphatic heterocycles. The van der Waals surface area contributed by atoms with Gasteiger partial charge in [0, 0.05) is 0 Å². The molecular formula is C14H18OSe. The molecule has 2 heteroatoms. The second kappa shape index (κ2) is 5.07. The van der Waals surface area contributed by atoms with Gasteiger partial charge in [-0.2, -0.15) is 0 Å². The van der Waals surface area contributed by atoms with Gasteiger partial charge in [0.05, 0.1) is 0 Å². The molecule has 1 aromatic rings. The molecule has 0 aliphatic carbocycles. The number of methoxy groups -OCH3 is 1. The fraction of sp³-hybridized carbons (Fsp3) is 0.429. The molecule has 1 heterocycles. The van der Waals surface area contributed by atoms with Crippen molar-refractivity contribution in [3.8, 4) is 5.75 Å². The molecule has 1 unspecified atom stereocenters. The van der Waals surface area contributed by atoms with Gasteiger partial charge in [-0.1, -0.05) is 0 Å². The normalized spacial score (nSPS) is 21.1. The zero-order valence-electron chi connectivity index (χ0n) is 10.1. The molecule has 2 rings (SSSR count). The first-order valence-electron chi connectivity index (χ1n) is 5.61. The third-order valence-electron chi connectivity index (χ3n) is 3.21. The van der Waals surface area contributed by atoms with Gasteiger partial charge in [-0.05, 0) is 0 Å². The monoisotopic (exact) mass is 282 g/mol. The van der Waals surface area contributed by atoms with Crippen LogP contribution < -0.4 is 4.74 Å². The third-order valence-corrected chi connectivity index (χ3v) is 6.23. The Morgan fingerprint density at radius 1 is 1.12 bits per heavy atom. The zero-order valence-corrected chi connectivity index (χ0v) is 11.8. The molecule has 0 radical (unpaired) electrons. The second-order valence-electron chi connectivity index (χ2n) is 4.34. The Labute approximate surface area is 104 Å². The molecule has 1 aromatic carbocycles. The molecule has 1 aliphatic rings. The first-order chi connectivity index (χ1) is 7.70. The van der Waals surface area contributed by atoms with Crippen LogP contribution in [0.3, 0.4) is 0 Å². The third kappa shape index (κ3) is 2.50. The van der Waals surface area contributed by atoms with E-state index in [1.807, 2.05) is 0 Å². The quantitative estimate of drug-likeness (QED) is 0.594. The number of benzene rings is 1. The van der Waals surface area contributed by atoms with Gasteiger partial charge in [0.25, 0.3) is 0 Å². The summed E-state index contributed by atoms with van der Waals surface area (Å²) in [6.45, 7) is 4.56. The first-order valence-corrected chi connectivity index (χ1v) is 7.81. The van der Waals surface area contributed by atoms with Crippen molar-refractivity contribution < 1.29 is 4.74 Å². The van der Waals surface area contributed by atoms with Gasteiger partial charge in [0.1, 0.15) is 0 Å². The molecule has 0 saturated carbocycles. The molecule has 0 bridgehead atoms. The van der Waals surface area contributed by atoms with E-state index in [0.717, 1.165) is 25.5 Å². The summed E-state index contributed by atoms with van der Waals surface area (Å²) in [5, 5.41) is 1.32. The number of rotatable bonds is 2. The molecule has 0 N–H and O–H groups in total. The van der Waals surface area contributed by atoms with Crippen molar-refractivity contribution >= 4 is 15.0 Å². The van der Waals surface area contributed by atoms with Crippen LogP contribution in [0.5, 0.6) is 5.75 Å². The summed E-state index contributed by atoms with van der Waals surface area (Å²) in [5.74, 6) is 0.954. The van der Waals surface area contributed by atoms with Crippen LogP contribution in [-0.2, 0) is 0 Å². The maximum absolute atomic E-state index is 5.19. The maximum atomic E-state index is 5.19. The van der Waals surface area contributed by atoms with E-state index in [2.05, 4.69) is 38.1 Å². The number of ether oxygens (including phenoxy) is 1. The van der Waals surface area contributed by atoms with Gasteiger partial charge in [-0.25, -0.2) is 0 Å². The fourth-order valence-corrected chi connectivity index (χ4v) is 4.86. The molecule has 16 heavy (non-hydrogen) atoms. The Morgan fingerprint density at radius 3 is 2.38 bits per heavy atom. The predicted octanol–water partition coefficient (Wildman–Crippen LogP) is 3.60. The van der Waals surface area contributed by atoms with Crippen LogP contribution in [0.1, 0.15) is 30.6 Å². The minimum atomic E-state index is 0.720. The Hall–Kier alpha value is -0.721. The van der Waals surface area contributed by atoms with E-state index < -0.39 is 0 Å². The van der Waals surface area contributed by atoms with E-state index in [0.29, 0.717) is 0 Å². The van der Waals surface area contributed by atoms with Crippen molar-refractivity contribution in [2.75, 3.05) is 7.11 Å². The Kier molecular flexibility index (Phi) is 3.73. The molecule has 0 aromatic heterocycles. The van der Waals surface area contributed by atoms with Gasteiger partial charge in [0.2, 0.25) is 0 Å². The van der Waals surface area contributed by atoms with Crippen molar-refractivity contribution in [1.29, 1.82) is 0 Å². The first kappa shape index (κ1) is 11.8. The van der Waals surface area contributed by atoms with Gasteiger partial charge in [0.15, 0.2) is 0 Å². The molecule has 1 atom stereocenters. The fourth-order valence-electron chi connectivity index (χ4n) is 1.89. The molecule has 0 spiro atoms. The molecule has 0 amide bonds. The summed E-state index contributed by atoms with van der Waals surface area (Å²) >= 11 is 0.720. The van der Waals surface area contributed by atoms with Crippen LogP contribution in [0.25, 0.3) is 0 Å². The molecule has 86 valence electrons. The van der Waals surface area contributed by atoms with Crippen molar-refractivity contribution in [3.63, 3.8) is 0 Å². The Bertz CT molecular complexity index is 392. The van der Waals surface area contributed by atoms with Crippen molar-refractivity contribution in [2.24, 2.45) is 0 Å². The summed E-state index contributed by atoms with van der Waals surface area (Å²) in [4.78, 5) is 0.766. The second-order valence-corrected chi connectivity index (χ2v) is 6.84. The van der Waals surface area contributed by atoms with Gasteiger partial charge in [-0.3, -0.25) is 0 Å². The van der Waals surface area contributed by atoms with E-state index >= 15 is 0 Å². The van der Waals surface area contributed by atoms with Crippen LogP contribution in [0.2, 0.25) is 5.32 Å². The van der Waals surface area contributed by atoms with Crippen LogP contribution in [0, 0.1) is 0 Å². The SMILES string of the molecule is COc1ccc(C2CC(C)=C(C)C[Se]2)cc1. The molecule has 1 nitrogen and oxygen atoms in total. The Balaban J connectivity index is 2.13. The van der Waals surface area contributed by atoms with Gasteiger partial charge in [-0.15, -0.1) is 0 Å². The predicted molar refractivity (Wildman–Crippen MR) is 69.3 cm³/mol.